The molecule has 7 nitrogen and oxygen atoms in total. The van der Waals surface area contributed by atoms with Crippen LogP contribution in [0, 0.1) is 18.8 Å². The summed E-state index contributed by atoms with van der Waals surface area (Å²) in [6, 6.07) is 19.1. The molecule has 2 saturated carbocycles. The van der Waals surface area contributed by atoms with E-state index >= 15 is 0 Å². The van der Waals surface area contributed by atoms with Gasteiger partial charge in [0.1, 0.15) is 5.75 Å². The van der Waals surface area contributed by atoms with Gasteiger partial charge in [-0.2, -0.15) is 0 Å². The lowest BCUT2D eigenvalue weighted by molar-refractivity contribution is 0.0700. The van der Waals surface area contributed by atoms with Gasteiger partial charge in [0, 0.05) is 63.5 Å². The Morgan fingerprint density at radius 3 is 2.62 bits per heavy atom. The number of benzene rings is 3. The summed E-state index contributed by atoms with van der Waals surface area (Å²) in [6.07, 6.45) is 6.28. The maximum absolute atomic E-state index is 13.8. The van der Waals surface area contributed by atoms with Gasteiger partial charge in [0.25, 0.3) is 11.8 Å². The number of aromatic nitrogens is 1. The number of rotatable bonds is 6. The lowest BCUT2D eigenvalue weighted by atomic mass is 9.99. The average molecular weight is 615 g/mol. The summed E-state index contributed by atoms with van der Waals surface area (Å²) >= 11 is 1.74. The molecule has 2 amide bonds. The number of piperidine rings is 1. The van der Waals surface area contributed by atoms with Crippen LogP contribution in [0.2, 0.25) is 0 Å². The number of ether oxygens (including phenoxy) is 1. The van der Waals surface area contributed by atoms with E-state index in [1.165, 1.54) is 39.9 Å². The van der Waals surface area contributed by atoms with Crippen molar-refractivity contribution < 1.29 is 14.3 Å². The number of aliphatic imine (C=N–C) groups is 1. The molecule has 45 heavy (non-hydrogen) atoms. The first-order chi connectivity index (χ1) is 21.9. The summed E-state index contributed by atoms with van der Waals surface area (Å²) in [5.41, 5.74) is 14.4. The van der Waals surface area contributed by atoms with Gasteiger partial charge in [-0.05, 0) is 97.5 Å². The van der Waals surface area contributed by atoms with Crippen molar-refractivity contribution in [1.82, 2.24) is 9.47 Å². The summed E-state index contributed by atoms with van der Waals surface area (Å²) in [5, 5.41) is 2.28. The summed E-state index contributed by atoms with van der Waals surface area (Å²) in [4.78, 5) is 33.0. The van der Waals surface area contributed by atoms with Gasteiger partial charge in [-0.15, -0.1) is 11.3 Å². The summed E-state index contributed by atoms with van der Waals surface area (Å²) in [7, 11) is 1.69. The number of likely N-dealkylation sites (tertiary alicyclic amines) is 1. The number of nitrogens with zero attached hydrogens (tertiary/aromatic N) is 3. The molecule has 1 saturated heterocycles. The fraction of sp³-hybridized carbons (Fsp3) is 0.324. The molecule has 0 spiro atoms. The summed E-state index contributed by atoms with van der Waals surface area (Å²) in [5.74, 6) is 1.72. The zero-order valence-electron chi connectivity index (χ0n) is 25.4. The average Bonchev–Trinajstić information content (AvgIpc) is 3.26. The second-order valence-corrected chi connectivity index (χ2v) is 14.3. The molecule has 9 rings (SSSR count). The van der Waals surface area contributed by atoms with Crippen LogP contribution < -0.4 is 10.5 Å². The van der Waals surface area contributed by atoms with Crippen molar-refractivity contribution in [2.75, 3.05) is 13.7 Å². The maximum Gasteiger partial charge on any atom is 0.277 e. The van der Waals surface area contributed by atoms with Crippen LogP contribution in [0.25, 0.3) is 42.7 Å². The van der Waals surface area contributed by atoms with Crippen LogP contribution in [0.15, 0.2) is 59.6 Å². The van der Waals surface area contributed by atoms with E-state index in [1.54, 1.807) is 24.7 Å². The number of thiophene rings is 1. The third kappa shape index (κ3) is 4.15. The SMILES string of the molecule is COc1cc(C(=O)N2CC3CCC2[C@@H]3N)cc2sc(-c3cc4ccc(-c5ccc6c(c5)C=NC6=O)cc4n3CC3CC3)c(C)c12. The number of hydrogen-bond donors (Lipinski definition) is 1. The normalized spacial score (nSPS) is 21.9. The predicted octanol–water partition coefficient (Wildman–Crippen LogP) is 7.05. The van der Waals surface area contributed by atoms with Gasteiger partial charge >= 0.3 is 0 Å². The Balaban J connectivity index is 1.15. The third-order valence-corrected chi connectivity index (χ3v) is 11.8. The number of nitrogens with two attached hydrogens (primary N) is 1. The van der Waals surface area contributed by atoms with Crippen molar-refractivity contribution in [3.8, 4) is 27.4 Å². The molecule has 2 bridgehead atoms. The molecule has 2 unspecified atom stereocenters. The molecule has 8 heteroatoms. The smallest absolute Gasteiger partial charge is 0.277 e. The van der Waals surface area contributed by atoms with Gasteiger partial charge in [-0.1, -0.05) is 18.2 Å². The zero-order valence-corrected chi connectivity index (χ0v) is 26.2. The minimum atomic E-state index is -0.172. The molecule has 0 radical (unpaired) electrons. The highest BCUT2D eigenvalue weighted by atomic mass is 32.1. The largest absolute Gasteiger partial charge is 0.496 e. The Kier molecular flexibility index (Phi) is 5.93. The molecule has 5 aromatic rings. The molecule has 4 aliphatic rings. The number of fused-ring (bicyclic) bond motifs is 5. The second kappa shape index (κ2) is 9.86. The minimum Gasteiger partial charge on any atom is -0.496 e. The molecule has 4 heterocycles. The van der Waals surface area contributed by atoms with E-state index in [-0.39, 0.29) is 23.9 Å². The predicted molar refractivity (Wildman–Crippen MR) is 180 cm³/mol. The monoisotopic (exact) mass is 614 g/mol. The maximum atomic E-state index is 13.8. The second-order valence-electron chi connectivity index (χ2n) is 13.3. The third-order valence-electron chi connectivity index (χ3n) is 10.6. The highest BCUT2D eigenvalue weighted by Gasteiger charge is 2.47. The molecule has 3 aromatic carbocycles. The molecule has 2 aliphatic carbocycles. The Morgan fingerprint density at radius 2 is 1.87 bits per heavy atom. The molecular formula is C37H34N4O3S. The van der Waals surface area contributed by atoms with Crippen molar-refractivity contribution in [3.05, 3.63) is 76.9 Å². The van der Waals surface area contributed by atoms with Crippen LogP contribution in [-0.4, -0.2) is 53.2 Å². The molecule has 3 atom stereocenters. The molecule has 2 aliphatic heterocycles. The van der Waals surface area contributed by atoms with E-state index in [9.17, 15) is 9.59 Å². The van der Waals surface area contributed by atoms with Gasteiger partial charge < -0.3 is 19.9 Å². The Morgan fingerprint density at radius 1 is 1.04 bits per heavy atom. The first-order valence-electron chi connectivity index (χ1n) is 15.9. The Labute approximate surface area is 265 Å². The number of methoxy groups -OCH3 is 1. The fourth-order valence-electron chi connectivity index (χ4n) is 7.94. The summed E-state index contributed by atoms with van der Waals surface area (Å²) in [6.45, 7) is 3.90. The van der Waals surface area contributed by atoms with Crippen molar-refractivity contribution in [1.29, 1.82) is 0 Å². The van der Waals surface area contributed by atoms with Crippen molar-refractivity contribution in [3.63, 3.8) is 0 Å². The van der Waals surface area contributed by atoms with Gasteiger partial charge in [0.05, 0.1) is 23.2 Å². The Hall–Kier alpha value is -4.27. The minimum absolute atomic E-state index is 0.0584. The van der Waals surface area contributed by atoms with Crippen molar-refractivity contribution in [2.24, 2.45) is 22.6 Å². The van der Waals surface area contributed by atoms with Crippen LogP contribution in [0.3, 0.4) is 0 Å². The van der Waals surface area contributed by atoms with Gasteiger partial charge in [-0.25, -0.2) is 4.99 Å². The fourth-order valence-corrected chi connectivity index (χ4v) is 9.23. The van der Waals surface area contributed by atoms with Gasteiger partial charge in [-0.3, -0.25) is 9.59 Å². The van der Waals surface area contributed by atoms with E-state index in [4.69, 9.17) is 10.5 Å². The standard InChI is InChI=1S/C37H34N4O3S/c1-19-33-31(44-2)14-25(37(43)41-18-24-8-10-28(41)34(24)38)15-32(33)45-35(19)30-13-23-6-5-22(12-29(23)40(30)17-20-3-4-20)21-7-9-27-26(11-21)16-39-36(27)42/h5-7,9,11-16,20,24,28,34H,3-4,8,10,17-18,38H2,1-2H3/t24?,28?,34-/m1/s1. The highest BCUT2D eigenvalue weighted by Crippen LogP contribution is 2.46. The number of aryl methyl sites for hydroxylation is 1. The first kappa shape index (κ1) is 27.1. The van der Waals surface area contributed by atoms with Crippen LogP contribution in [0.5, 0.6) is 5.75 Å². The number of hydrogen-bond acceptors (Lipinski definition) is 5. The lowest BCUT2D eigenvalue weighted by Gasteiger charge is -2.27. The molecule has 226 valence electrons. The molecule has 2 aromatic heterocycles. The quantitative estimate of drug-likeness (QED) is 0.222. The lowest BCUT2D eigenvalue weighted by Crippen LogP contribution is -2.41. The van der Waals surface area contributed by atoms with E-state index in [1.807, 2.05) is 23.1 Å². The number of carbonyl (C=O) groups is 2. The van der Waals surface area contributed by atoms with Crippen molar-refractivity contribution in [2.45, 2.75) is 51.2 Å². The zero-order chi connectivity index (χ0) is 30.6. The van der Waals surface area contributed by atoms with E-state index in [0.29, 0.717) is 23.0 Å². The van der Waals surface area contributed by atoms with E-state index in [0.717, 1.165) is 58.5 Å². The Bertz CT molecular complexity index is 2120. The number of amides is 2. The highest BCUT2D eigenvalue weighted by molar-refractivity contribution is 7.22. The van der Waals surface area contributed by atoms with E-state index in [2.05, 4.69) is 52.9 Å². The van der Waals surface area contributed by atoms with Gasteiger partial charge in [0.15, 0.2) is 0 Å². The topological polar surface area (TPSA) is 89.9 Å². The van der Waals surface area contributed by atoms with Gasteiger partial charge in [0.2, 0.25) is 0 Å². The van der Waals surface area contributed by atoms with Crippen LogP contribution in [-0.2, 0) is 6.54 Å². The van der Waals surface area contributed by atoms with Crippen molar-refractivity contribution >= 4 is 50.4 Å². The first-order valence-corrected chi connectivity index (χ1v) is 16.7. The summed E-state index contributed by atoms with van der Waals surface area (Å²) < 4.78 is 9.50. The van der Waals surface area contributed by atoms with Crippen LogP contribution in [0.4, 0.5) is 0 Å². The molecular weight excluding hydrogens is 580 g/mol. The van der Waals surface area contributed by atoms with E-state index < -0.39 is 0 Å². The number of carbonyl (C=O) groups excluding carboxylic acids is 2. The van der Waals surface area contributed by atoms with Crippen LogP contribution >= 0.6 is 11.3 Å². The molecule has 2 N–H and O–H groups in total. The molecule has 3 fully saturated rings. The van der Waals surface area contributed by atoms with Crippen LogP contribution in [0.1, 0.15) is 57.5 Å².